The largest absolute Gasteiger partial charge is 0.497 e. The third-order valence-electron chi connectivity index (χ3n) is 5.68. The lowest BCUT2D eigenvalue weighted by molar-refractivity contribution is 0.0531. The number of ether oxygens (including phenoxy) is 2. The molecule has 0 aliphatic carbocycles. The van der Waals surface area contributed by atoms with Gasteiger partial charge in [0.05, 0.1) is 13.7 Å². The van der Waals surface area contributed by atoms with E-state index < -0.39 is 0 Å². The zero-order valence-electron chi connectivity index (χ0n) is 17.9. The van der Waals surface area contributed by atoms with Crippen molar-refractivity contribution < 1.29 is 13.9 Å². The van der Waals surface area contributed by atoms with Gasteiger partial charge in [-0.3, -0.25) is 4.99 Å². The fraction of sp³-hybridized carbons (Fsp3) is 0.458. The highest BCUT2D eigenvalue weighted by atomic mass is 19.1. The summed E-state index contributed by atoms with van der Waals surface area (Å²) in [5.41, 5.74) is 1.91. The number of aliphatic imine (C=N–C) groups is 1. The highest BCUT2D eigenvalue weighted by Gasteiger charge is 2.34. The first-order chi connectivity index (χ1) is 14.7. The zero-order valence-corrected chi connectivity index (χ0v) is 17.9. The number of halogens is 1. The lowest BCUT2D eigenvalue weighted by Gasteiger charge is -2.36. The van der Waals surface area contributed by atoms with Gasteiger partial charge >= 0.3 is 0 Å². The van der Waals surface area contributed by atoms with E-state index in [1.54, 1.807) is 13.2 Å². The molecule has 6 heteroatoms. The third kappa shape index (κ3) is 5.72. The summed E-state index contributed by atoms with van der Waals surface area (Å²) in [6.07, 6.45) is 2.46. The van der Waals surface area contributed by atoms with Crippen LogP contribution in [0.15, 0.2) is 53.5 Å². The van der Waals surface area contributed by atoms with Crippen molar-refractivity contribution >= 4 is 5.96 Å². The van der Waals surface area contributed by atoms with Gasteiger partial charge in [0.15, 0.2) is 5.96 Å². The first-order valence-corrected chi connectivity index (χ1v) is 10.6. The van der Waals surface area contributed by atoms with Gasteiger partial charge in [0.1, 0.15) is 11.6 Å². The molecular weight excluding hydrogens is 381 g/mol. The summed E-state index contributed by atoms with van der Waals surface area (Å²) in [6, 6.07) is 15.2. The van der Waals surface area contributed by atoms with Crippen molar-refractivity contribution in [1.82, 2.24) is 10.6 Å². The Morgan fingerprint density at radius 3 is 2.50 bits per heavy atom. The molecule has 0 spiro atoms. The minimum absolute atomic E-state index is 0.0571. The molecule has 162 valence electrons. The van der Waals surface area contributed by atoms with E-state index in [1.165, 1.54) is 11.6 Å². The van der Waals surface area contributed by atoms with Gasteiger partial charge in [-0.15, -0.1) is 0 Å². The molecule has 3 rings (SSSR count). The molecule has 0 radical (unpaired) electrons. The smallest absolute Gasteiger partial charge is 0.191 e. The standard InChI is InChI=1S/C24H32FN3O2/c1-3-26-23(27-15-12-19-6-4-5-7-22(19)25)28-18-24(13-16-30-17-14-24)20-8-10-21(29-2)11-9-20/h4-11H,3,12-18H2,1-2H3,(H2,26,27,28). The zero-order chi connectivity index (χ0) is 21.2. The average molecular weight is 414 g/mol. The molecule has 1 fully saturated rings. The van der Waals surface area contributed by atoms with E-state index in [2.05, 4.69) is 22.8 Å². The molecule has 1 aliphatic heterocycles. The van der Waals surface area contributed by atoms with E-state index in [0.717, 1.165) is 44.3 Å². The van der Waals surface area contributed by atoms with Crippen molar-refractivity contribution in [3.05, 3.63) is 65.5 Å². The Balaban J connectivity index is 1.69. The first-order valence-electron chi connectivity index (χ1n) is 10.6. The van der Waals surface area contributed by atoms with E-state index in [-0.39, 0.29) is 11.2 Å². The van der Waals surface area contributed by atoms with E-state index in [4.69, 9.17) is 14.5 Å². The molecule has 0 amide bonds. The van der Waals surface area contributed by atoms with Crippen molar-refractivity contribution in [2.75, 3.05) is 40.0 Å². The van der Waals surface area contributed by atoms with Gasteiger partial charge in [0.25, 0.3) is 0 Å². The quantitative estimate of drug-likeness (QED) is 0.512. The number of hydrogen-bond donors (Lipinski definition) is 2. The molecule has 0 bridgehead atoms. The van der Waals surface area contributed by atoms with Crippen LogP contribution in [0.4, 0.5) is 4.39 Å². The Hall–Kier alpha value is -2.60. The summed E-state index contributed by atoms with van der Waals surface area (Å²) in [6.45, 7) is 5.56. The van der Waals surface area contributed by atoms with Crippen molar-refractivity contribution in [2.24, 2.45) is 4.99 Å². The molecule has 30 heavy (non-hydrogen) atoms. The van der Waals surface area contributed by atoms with Crippen LogP contribution in [0.2, 0.25) is 0 Å². The van der Waals surface area contributed by atoms with Gasteiger partial charge in [-0.1, -0.05) is 30.3 Å². The Bertz CT molecular complexity index is 817. The van der Waals surface area contributed by atoms with Crippen LogP contribution in [0.25, 0.3) is 0 Å². The molecular formula is C24H32FN3O2. The number of nitrogens with one attached hydrogen (secondary N) is 2. The molecule has 1 aliphatic rings. The Morgan fingerprint density at radius 2 is 1.83 bits per heavy atom. The number of hydrogen-bond acceptors (Lipinski definition) is 3. The average Bonchev–Trinajstić information content (AvgIpc) is 2.79. The lowest BCUT2D eigenvalue weighted by atomic mass is 9.74. The predicted molar refractivity (Wildman–Crippen MR) is 119 cm³/mol. The van der Waals surface area contributed by atoms with Crippen molar-refractivity contribution in [1.29, 1.82) is 0 Å². The normalized spacial score (nSPS) is 16.2. The minimum Gasteiger partial charge on any atom is -0.497 e. The van der Waals surface area contributed by atoms with E-state index in [1.807, 2.05) is 31.2 Å². The number of nitrogens with zero attached hydrogens (tertiary/aromatic N) is 1. The second-order valence-corrected chi connectivity index (χ2v) is 7.58. The van der Waals surface area contributed by atoms with E-state index in [0.29, 0.717) is 25.1 Å². The Morgan fingerprint density at radius 1 is 1.10 bits per heavy atom. The number of rotatable bonds is 8. The van der Waals surface area contributed by atoms with Gasteiger partial charge < -0.3 is 20.1 Å². The van der Waals surface area contributed by atoms with Gasteiger partial charge in [-0.25, -0.2) is 4.39 Å². The molecule has 0 atom stereocenters. The van der Waals surface area contributed by atoms with Crippen LogP contribution in [0.5, 0.6) is 5.75 Å². The number of benzene rings is 2. The van der Waals surface area contributed by atoms with Crippen LogP contribution in [0.3, 0.4) is 0 Å². The van der Waals surface area contributed by atoms with Gasteiger partial charge in [-0.2, -0.15) is 0 Å². The molecule has 2 aromatic rings. The summed E-state index contributed by atoms with van der Waals surface area (Å²) in [4.78, 5) is 4.90. The monoisotopic (exact) mass is 413 g/mol. The van der Waals surface area contributed by atoms with Crippen LogP contribution in [-0.4, -0.2) is 45.9 Å². The molecule has 0 saturated carbocycles. The summed E-state index contributed by atoms with van der Waals surface area (Å²) >= 11 is 0. The van der Waals surface area contributed by atoms with E-state index in [9.17, 15) is 4.39 Å². The van der Waals surface area contributed by atoms with Crippen molar-refractivity contribution in [3.63, 3.8) is 0 Å². The van der Waals surface area contributed by atoms with Crippen LogP contribution >= 0.6 is 0 Å². The maximum atomic E-state index is 13.9. The predicted octanol–water partition coefficient (Wildman–Crippen LogP) is 3.68. The highest BCUT2D eigenvalue weighted by molar-refractivity contribution is 5.79. The third-order valence-corrected chi connectivity index (χ3v) is 5.68. The van der Waals surface area contributed by atoms with Crippen molar-refractivity contribution in [3.8, 4) is 5.75 Å². The molecule has 5 nitrogen and oxygen atoms in total. The fourth-order valence-corrected chi connectivity index (χ4v) is 3.83. The Labute approximate surface area is 178 Å². The van der Waals surface area contributed by atoms with Crippen LogP contribution in [0.1, 0.15) is 30.9 Å². The molecule has 1 heterocycles. The summed E-state index contributed by atoms with van der Waals surface area (Å²) in [5.74, 6) is 1.45. The molecule has 0 unspecified atom stereocenters. The van der Waals surface area contributed by atoms with Crippen LogP contribution in [0, 0.1) is 5.82 Å². The molecule has 2 aromatic carbocycles. The number of methoxy groups -OCH3 is 1. The summed E-state index contributed by atoms with van der Waals surface area (Å²) in [5, 5.41) is 6.65. The fourth-order valence-electron chi connectivity index (χ4n) is 3.83. The SMILES string of the molecule is CCNC(=NCC1(c2ccc(OC)cc2)CCOCC1)NCCc1ccccc1F. The van der Waals surface area contributed by atoms with Crippen molar-refractivity contribution in [2.45, 2.75) is 31.6 Å². The van der Waals surface area contributed by atoms with Crippen LogP contribution in [-0.2, 0) is 16.6 Å². The maximum absolute atomic E-state index is 13.9. The molecule has 2 N–H and O–H groups in total. The minimum atomic E-state index is -0.165. The first kappa shape index (κ1) is 22.1. The second-order valence-electron chi connectivity index (χ2n) is 7.58. The van der Waals surface area contributed by atoms with Gasteiger partial charge in [-0.05, 0) is 55.5 Å². The highest BCUT2D eigenvalue weighted by Crippen LogP contribution is 2.36. The Kier molecular flexibility index (Phi) is 8.08. The summed E-state index contributed by atoms with van der Waals surface area (Å²) in [7, 11) is 1.68. The lowest BCUT2D eigenvalue weighted by Crippen LogP contribution is -2.41. The molecule has 1 saturated heterocycles. The topological polar surface area (TPSA) is 54.9 Å². The molecule has 0 aromatic heterocycles. The maximum Gasteiger partial charge on any atom is 0.191 e. The van der Waals surface area contributed by atoms with Crippen LogP contribution < -0.4 is 15.4 Å². The van der Waals surface area contributed by atoms with E-state index >= 15 is 0 Å². The van der Waals surface area contributed by atoms with Gasteiger partial charge in [0.2, 0.25) is 0 Å². The second kappa shape index (κ2) is 11.0. The van der Waals surface area contributed by atoms with Gasteiger partial charge in [0, 0.05) is 31.7 Å². The summed E-state index contributed by atoms with van der Waals surface area (Å²) < 4.78 is 24.8. The number of guanidine groups is 1.